The minimum absolute atomic E-state index is 0.287. The predicted molar refractivity (Wildman–Crippen MR) is 86.9 cm³/mol. The Bertz CT molecular complexity index is 454. The van der Waals surface area contributed by atoms with Crippen molar-refractivity contribution in [1.29, 1.82) is 0 Å². The summed E-state index contributed by atoms with van der Waals surface area (Å²) in [7, 11) is 0. The minimum atomic E-state index is 0.287. The first-order valence-corrected chi connectivity index (χ1v) is 9.03. The molecule has 5 heteroatoms. The first-order chi connectivity index (χ1) is 10.3. The summed E-state index contributed by atoms with van der Waals surface area (Å²) in [6, 6.07) is 0. The Morgan fingerprint density at radius 1 is 1.33 bits per heavy atom. The summed E-state index contributed by atoms with van der Waals surface area (Å²) in [4.78, 5) is 21.4. The van der Waals surface area contributed by atoms with Crippen LogP contribution >= 0.6 is 11.3 Å². The third-order valence-corrected chi connectivity index (χ3v) is 5.82. The van der Waals surface area contributed by atoms with E-state index in [1.165, 1.54) is 6.42 Å². The summed E-state index contributed by atoms with van der Waals surface area (Å²) < 4.78 is 0. The largest absolute Gasteiger partial charge is 0.346 e. The zero-order valence-corrected chi connectivity index (χ0v) is 13.6. The van der Waals surface area contributed by atoms with Crippen LogP contribution in [0.3, 0.4) is 0 Å². The summed E-state index contributed by atoms with van der Waals surface area (Å²) >= 11 is 1.71. The maximum Gasteiger partial charge on any atom is 0.185 e. The maximum absolute atomic E-state index is 12.1. The molecule has 1 saturated carbocycles. The van der Waals surface area contributed by atoms with E-state index in [4.69, 9.17) is 0 Å². The molecule has 0 bridgehead atoms. The van der Waals surface area contributed by atoms with E-state index in [2.05, 4.69) is 21.7 Å². The Kier molecular flexibility index (Phi) is 4.91. The fourth-order valence-corrected chi connectivity index (χ4v) is 4.25. The highest BCUT2D eigenvalue weighted by molar-refractivity contribution is 7.13. The summed E-state index contributed by atoms with van der Waals surface area (Å²) in [6.45, 7) is 7.41. The molecule has 1 aromatic rings. The summed E-state index contributed by atoms with van der Waals surface area (Å²) in [6.07, 6.45) is 6.13. The van der Waals surface area contributed by atoms with Crippen molar-refractivity contribution in [2.75, 3.05) is 37.6 Å². The molecule has 4 nitrogen and oxygen atoms in total. The summed E-state index contributed by atoms with van der Waals surface area (Å²) in [5, 5.41) is 3.17. The van der Waals surface area contributed by atoms with Crippen LogP contribution in [0.25, 0.3) is 0 Å². The van der Waals surface area contributed by atoms with E-state index in [0.717, 1.165) is 63.0 Å². The smallest absolute Gasteiger partial charge is 0.185 e. The van der Waals surface area contributed by atoms with Crippen LogP contribution in [-0.2, 0) is 4.79 Å². The van der Waals surface area contributed by atoms with Gasteiger partial charge >= 0.3 is 0 Å². The van der Waals surface area contributed by atoms with Crippen molar-refractivity contribution in [2.24, 2.45) is 11.8 Å². The zero-order valence-electron chi connectivity index (χ0n) is 12.8. The molecule has 1 aliphatic carbocycles. The molecule has 0 aromatic carbocycles. The molecule has 1 aliphatic heterocycles. The van der Waals surface area contributed by atoms with Gasteiger partial charge in [0.2, 0.25) is 0 Å². The SMILES string of the molecule is CCC1CCC(=O)C(CN2CCN(c3nccs3)CC2)C1. The van der Waals surface area contributed by atoms with Crippen LogP contribution < -0.4 is 4.90 Å². The van der Waals surface area contributed by atoms with Gasteiger partial charge in [-0.15, -0.1) is 11.3 Å². The number of piperazine rings is 1. The molecule has 2 atom stereocenters. The Morgan fingerprint density at radius 3 is 2.81 bits per heavy atom. The van der Waals surface area contributed by atoms with Gasteiger partial charge in [-0.1, -0.05) is 13.3 Å². The van der Waals surface area contributed by atoms with Crippen LogP contribution in [0.5, 0.6) is 0 Å². The fraction of sp³-hybridized carbons (Fsp3) is 0.750. The molecule has 3 rings (SSSR count). The van der Waals surface area contributed by atoms with Crippen molar-refractivity contribution in [3.05, 3.63) is 11.6 Å². The van der Waals surface area contributed by atoms with Crippen LogP contribution in [0.2, 0.25) is 0 Å². The highest BCUT2D eigenvalue weighted by atomic mass is 32.1. The van der Waals surface area contributed by atoms with Crippen molar-refractivity contribution in [3.63, 3.8) is 0 Å². The molecular weight excluding hydrogens is 282 g/mol. The predicted octanol–water partition coefficient (Wildman–Crippen LogP) is 2.66. The normalized spacial score (nSPS) is 28.0. The molecule has 21 heavy (non-hydrogen) atoms. The van der Waals surface area contributed by atoms with Gasteiger partial charge in [0.25, 0.3) is 0 Å². The average Bonchev–Trinajstić information content (AvgIpc) is 3.04. The van der Waals surface area contributed by atoms with Crippen molar-refractivity contribution in [3.8, 4) is 0 Å². The molecule has 0 amide bonds. The number of rotatable bonds is 4. The second-order valence-corrected chi connectivity index (χ2v) is 7.19. The lowest BCUT2D eigenvalue weighted by molar-refractivity contribution is -0.126. The Balaban J connectivity index is 1.49. The van der Waals surface area contributed by atoms with Gasteiger partial charge in [-0.25, -0.2) is 4.98 Å². The number of thiazole rings is 1. The van der Waals surface area contributed by atoms with E-state index in [-0.39, 0.29) is 5.92 Å². The van der Waals surface area contributed by atoms with Crippen molar-refractivity contribution >= 4 is 22.3 Å². The van der Waals surface area contributed by atoms with Crippen molar-refractivity contribution < 1.29 is 4.79 Å². The Labute approximate surface area is 131 Å². The van der Waals surface area contributed by atoms with Gasteiger partial charge in [-0.3, -0.25) is 9.69 Å². The molecule has 0 spiro atoms. The number of Topliss-reactive ketones (excluding diaryl/α,β-unsaturated/α-hetero) is 1. The molecule has 2 unspecified atom stereocenters. The fourth-order valence-electron chi connectivity index (χ4n) is 3.55. The highest BCUT2D eigenvalue weighted by Gasteiger charge is 2.30. The monoisotopic (exact) mass is 307 g/mol. The lowest BCUT2D eigenvalue weighted by atomic mass is 9.79. The van der Waals surface area contributed by atoms with Crippen LogP contribution in [0.1, 0.15) is 32.6 Å². The van der Waals surface area contributed by atoms with Crippen LogP contribution in [0.4, 0.5) is 5.13 Å². The quantitative estimate of drug-likeness (QED) is 0.857. The lowest BCUT2D eigenvalue weighted by Gasteiger charge is -2.37. The second kappa shape index (κ2) is 6.88. The Hall–Kier alpha value is -0.940. The summed E-state index contributed by atoms with van der Waals surface area (Å²) in [5.74, 6) is 1.56. The van der Waals surface area contributed by atoms with Gasteiger partial charge in [0.1, 0.15) is 5.78 Å². The van der Waals surface area contributed by atoms with Crippen LogP contribution in [0.15, 0.2) is 11.6 Å². The van der Waals surface area contributed by atoms with Gasteiger partial charge in [0.05, 0.1) is 0 Å². The van der Waals surface area contributed by atoms with Crippen molar-refractivity contribution in [1.82, 2.24) is 9.88 Å². The number of carbonyl (C=O) groups is 1. The highest BCUT2D eigenvalue weighted by Crippen LogP contribution is 2.29. The molecule has 2 fully saturated rings. The average molecular weight is 307 g/mol. The van der Waals surface area contributed by atoms with Gasteiger partial charge < -0.3 is 4.90 Å². The Morgan fingerprint density at radius 2 is 2.14 bits per heavy atom. The number of nitrogens with zero attached hydrogens (tertiary/aromatic N) is 3. The second-order valence-electron chi connectivity index (χ2n) is 6.31. The maximum atomic E-state index is 12.1. The van der Waals surface area contributed by atoms with Gasteiger partial charge in [-0.2, -0.15) is 0 Å². The first kappa shape index (κ1) is 15.0. The lowest BCUT2D eigenvalue weighted by Crippen LogP contribution is -2.49. The number of anilines is 1. The van der Waals surface area contributed by atoms with E-state index in [9.17, 15) is 4.79 Å². The number of ketones is 1. The van der Waals surface area contributed by atoms with E-state index >= 15 is 0 Å². The topological polar surface area (TPSA) is 36.4 Å². The third kappa shape index (κ3) is 3.64. The molecular formula is C16H25N3OS. The van der Waals surface area contributed by atoms with Crippen LogP contribution in [0, 0.1) is 11.8 Å². The molecule has 1 saturated heterocycles. The molecule has 1 aromatic heterocycles. The van der Waals surface area contributed by atoms with E-state index < -0.39 is 0 Å². The van der Waals surface area contributed by atoms with Gasteiger partial charge in [0.15, 0.2) is 5.13 Å². The van der Waals surface area contributed by atoms with E-state index in [1.54, 1.807) is 11.3 Å². The summed E-state index contributed by atoms with van der Waals surface area (Å²) in [5.41, 5.74) is 0. The molecule has 2 heterocycles. The molecule has 0 radical (unpaired) electrons. The van der Waals surface area contributed by atoms with Crippen molar-refractivity contribution in [2.45, 2.75) is 32.6 Å². The number of aromatic nitrogens is 1. The number of hydrogen-bond acceptors (Lipinski definition) is 5. The van der Waals surface area contributed by atoms with Crippen LogP contribution in [-0.4, -0.2) is 48.4 Å². The molecule has 0 N–H and O–H groups in total. The number of carbonyl (C=O) groups excluding carboxylic acids is 1. The number of hydrogen-bond donors (Lipinski definition) is 0. The van der Waals surface area contributed by atoms with E-state index in [0.29, 0.717) is 5.78 Å². The van der Waals surface area contributed by atoms with Gasteiger partial charge in [-0.05, 0) is 18.8 Å². The standard InChI is InChI=1S/C16H25N3OS/c1-2-13-3-4-15(20)14(11-13)12-18-6-8-19(9-7-18)16-17-5-10-21-16/h5,10,13-14H,2-4,6-9,11-12H2,1H3. The zero-order chi connectivity index (χ0) is 14.7. The molecule has 2 aliphatic rings. The van der Waals surface area contributed by atoms with E-state index in [1.807, 2.05) is 11.6 Å². The minimum Gasteiger partial charge on any atom is -0.346 e. The molecule has 116 valence electrons. The third-order valence-electron chi connectivity index (χ3n) is 4.99. The first-order valence-electron chi connectivity index (χ1n) is 8.15. The van der Waals surface area contributed by atoms with Gasteiger partial charge in [0, 0.05) is 56.6 Å².